The van der Waals surface area contributed by atoms with E-state index in [1.54, 1.807) is 30.3 Å². The number of imide groups is 1. The molecule has 0 saturated heterocycles. The second kappa shape index (κ2) is 7.95. The van der Waals surface area contributed by atoms with Gasteiger partial charge in [-0.15, -0.1) is 5.06 Å². The highest BCUT2D eigenvalue weighted by molar-refractivity contribution is 6.20. The van der Waals surface area contributed by atoms with E-state index in [9.17, 15) is 9.59 Å². The van der Waals surface area contributed by atoms with E-state index < -0.39 is 17.4 Å². The summed E-state index contributed by atoms with van der Waals surface area (Å²) in [6, 6.07) is 32.1. The fraction of sp³-hybridized carbons (Fsp3) is 0.0714. The number of carbonyl (C=O) groups is 2. The van der Waals surface area contributed by atoms with Crippen molar-refractivity contribution >= 4 is 11.8 Å². The molecule has 0 fully saturated rings. The quantitative estimate of drug-likeness (QED) is 0.316. The zero-order valence-corrected chi connectivity index (χ0v) is 18.0. The summed E-state index contributed by atoms with van der Waals surface area (Å²) in [6.07, 6.45) is 0. The minimum atomic E-state index is -0.917. The molecule has 4 aromatic carbocycles. The van der Waals surface area contributed by atoms with Crippen LogP contribution in [-0.2, 0) is 21.9 Å². The molecule has 0 saturated carbocycles. The van der Waals surface area contributed by atoms with E-state index >= 15 is 0 Å². The molecule has 2 amide bonds. The van der Waals surface area contributed by atoms with Gasteiger partial charge >= 0.3 is 0 Å². The fourth-order valence-corrected chi connectivity index (χ4v) is 4.51. The summed E-state index contributed by atoms with van der Waals surface area (Å²) >= 11 is 0. The Balaban J connectivity index is 1.30. The van der Waals surface area contributed by atoms with Crippen molar-refractivity contribution in [2.24, 2.45) is 0 Å². The van der Waals surface area contributed by atoms with Crippen LogP contribution in [0.3, 0.4) is 0 Å². The van der Waals surface area contributed by atoms with E-state index in [-0.39, 0.29) is 6.61 Å². The van der Waals surface area contributed by atoms with Crippen LogP contribution in [0.1, 0.15) is 43.0 Å². The number of hydroxylamine groups is 2. The first kappa shape index (κ1) is 20.4. The molecule has 166 valence electrons. The van der Waals surface area contributed by atoms with Crippen LogP contribution in [0, 0.1) is 0 Å². The van der Waals surface area contributed by atoms with Gasteiger partial charge in [0.25, 0.3) is 11.8 Å². The zero-order chi connectivity index (χ0) is 23.1. The SMILES string of the molecule is O=C1c2ccccc2C(=O)N1OCc1ccc2c(c1)OOC2(c1ccccc1)c1ccccc1. The highest BCUT2D eigenvalue weighted by Gasteiger charge is 2.46. The Morgan fingerprint density at radius 1 is 0.706 bits per heavy atom. The van der Waals surface area contributed by atoms with Crippen molar-refractivity contribution in [2.45, 2.75) is 12.2 Å². The maximum absolute atomic E-state index is 12.5. The normalized spacial score (nSPS) is 15.7. The molecule has 2 heterocycles. The average molecular weight is 449 g/mol. The van der Waals surface area contributed by atoms with E-state index in [1.165, 1.54) is 0 Å². The molecular weight excluding hydrogens is 430 g/mol. The first-order chi connectivity index (χ1) is 16.7. The number of nitrogens with zero attached hydrogens (tertiary/aromatic N) is 1. The molecule has 0 radical (unpaired) electrons. The van der Waals surface area contributed by atoms with Crippen LogP contribution >= 0.6 is 0 Å². The van der Waals surface area contributed by atoms with Crippen molar-refractivity contribution in [2.75, 3.05) is 0 Å². The van der Waals surface area contributed by atoms with Gasteiger partial charge in [0.05, 0.1) is 11.1 Å². The number of hydrogen-bond donors (Lipinski definition) is 0. The Bertz CT molecular complexity index is 1330. The Morgan fingerprint density at radius 3 is 1.85 bits per heavy atom. The summed E-state index contributed by atoms with van der Waals surface area (Å²) in [5.41, 5.74) is 3.23. The summed E-state index contributed by atoms with van der Waals surface area (Å²) < 4.78 is 0. The third-order valence-electron chi connectivity index (χ3n) is 6.16. The lowest BCUT2D eigenvalue weighted by molar-refractivity contribution is -0.244. The molecule has 6 rings (SSSR count). The van der Waals surface area contributed by atoms with Crippen molar-refractivity contribution in [1.29, 1.82) is 0 Å². The minimum Gasteiger partial charge on any atom is -0.335 e. The van der Waals surface area contributed by atoms with Crippen molar-refractivity contribution in [3.05, 3.63) is 137 Å². The Labute approximate surface area is 195 Å². The molecule has 6 nitrogen and oxygen atoms in total. The highest BCUT2D eigenvalue weighted by Crippen LogP contribution is 2.49. The smallest absolute Gasteiger partial charge is 0.285 e. The van der Waals surface area contributed by atoms with Crippen LogP contribution in [0.4, 0.5) is 0 Å². The highest BCUT2D eigenvalue weighted by atomic mass is 17.2. The number of amides is 2. The molecule has 0 bridgehead atoms. The number of fused-ring (bicyclic) bond motifs is 2. The van der Waals surface area contributed by atoms with Crippen molar-refractivity contribution in [3.63, 3.8) is 0 Å². The molecule has 4 aromatic rings. The summed E-state index contributed by atoms with van der Waals surface area (Å²) in [5, 5.41) is 0.813. The zero-order valence-electron chi connectivity index (χ0n) is 18.0. The van der Waals surface area contributed by atoms with Gasteiger partial charge in [0.15, 0.2) is 11.4 Å². The number of carbonyl (C=O) groups excluding carboxylic acids is 2. The first-order valence-corrected chi connectivity index (χ1v) is 10.9. The number of benzene rings is 4. The van der Waals surface area contributed by atoms with Crippen molar-refractivity contribution in [1.82, 2.24) is 5.06 Å². The van der Waals surface area contributed by atoms with Gasteiger partial charge in [-0.3, -0.25) is 14.4 Å². The minimum absolute atomic E-state index is 0.0196. The monoisotopic (exact) mass is 449 g/mol. The van der Waals surface area contributed by atoms with Crippen LogP contribution in [0.15, 0.2) is 103 Å². The van der Waals surface area contributed by atoms with Gasteiger partial charge in [-0.25, -0.2) is 0 Å². The van der Waals surface area contributed by atoms with Crippen LogP contribution in [0.5, 0.6) is 5.75 Å². The molecule has 0 N–H and O–H groups in total. The molecule has 0 atom stereocenters. The standard InChI is InChI=1S/C28H19NO5/c30-26-22-13-7-8-14-23(22)27(31)29(26)32-18-19-15-16-24-25(17-19)33-34-28(24,20-9-3-1-4-10-20)21-11-5-2-6-12-21/h1-17H,18H2. The number of rotatable bonds is 5. The molecule has 0 unspecified atom stereocenters. The van der Waals surface area contributed by atoms with Gasteiger partial charge in [-0.05, 0) is 34.9 Å². The molecule has 0 spiro atoms. The lowest BCUT2D eigenvalue weighted by atomic mass is 9.80. The van der Waals surface area contributed by atoms with E-state index in [1.807, 2.05) is 72.8 Å². The molecule has 2 aliphatic rings. The van der Waals surface area contributed by atoms with Gasteiger partial charge < -0.3 is 4.89 Å². The van der Waals surface area contributed by atoms with Gasteiger partial charge in [0.1, 0.15) is 6.61 Å². The molecule has 2 aliphatic heterocycles. The van der Waals surface area contributed by atoms with Gasteiger partial charge in [-0.2, -0.15) is 4.89 Å². The van der Waals surface area contributed by atoms with E-state index in [0.717, 1.165) is 27.3 Å². The van der Waals surface area contributed by atoms with E-state index in [0.29, 0.717) is 16.9 Å². The van der Waals surface area contributed by atoms with E-state index in [4.69, 9.17) is 14.6 Å². The molecule has 6 heteroatoms. The van der Waals surface area contributed by atoms with Gasteiger partial charge in [0, 0.05) is 5.56 Å². The molecule has 0 aromatic heterocycles. The van der Waals surface area contributed by atoms with Crippen molar-refractivity contribution in [3.8, 4) is 5.75 Å². The summed E-state index contributed by atoms with van der Waals surface area (Å²) in [4.78, 5) is 42.5. The second-order valence-electron chi connectivity index (χ2n) is 8.13. The van der Waals surface area contributed by atoms with Crippen molar-refractivity contribution < 1.29 is 24.2 Å². The Kier molecular flexibility index (Phi) is 4.76. The predicted octanol–water partition coefficient (Wildman–Crippen LogP) is 5.03. The summed E-state index contributed by atoms with van der Waals surface area (Å²) in [7, 11) is 0. The summed E-state index contributed by atoms with van der Waals surface area (Å²) in [5.74, 6) is -0.377. The van der Waals surface area contributed by atoms with Crippen LogP contribution in [0.2, 0.25) is 0 Å². The van der Waals surface area contributed by atoms with E-state index in [2.05, 4.69) is 0 Å². The fourth-order valence-electron chi connectivity index (χ4n) is 4.51. The largest absolute Gasteiger partial charge is 0.335 e. The maximum atomic E-state index is 12.5. The summed E-state index contributed by atoms with van der Waals surface area (Å²) in [6.45, 7) is 0.0196. The Morgan fingerprint density at radius 2 is 1.26 bits per heavy atom. The topological polar surface area (TPSA) is 65.1 Å². The van der Waals surface area contributed by atoms with Crippen LogP contribution in [-0.4, -0.2) is 16.9 Å². The Hall–Kier alpha value is -4.26. The van der Waals surface area contributed by atoms with Gasteiger partial charge in [-0.1, -0.05) is 84.9 Å². The maximum Gasteiger partial charge on any atom is 0.285 e. The molecular formula is C28H19NO5. The first-order valence-electron chi connectivity index (χ1n) is 10.9. The third-order valence-corrected chi connectivity index (χ3v) is 6.16. The predicted molar refractivity (Wildman–Crippen MR) is 123 cm³/mol. The second-order valence-corrected chi connectivity index (χ2v) is 8.13. The van der Waals surface area contributed by atoms with Crippen LogP contribution < -0.4 is 4.89 Å². The lowest BCUT2D eigenvalue weighted by Crippen LogP contribution is -2.30. The third kappa shape index (κ3) is 3.04. The van der Waals surface area contributed by atoms with Crippen LogP contribution in [0.25, 0.3) is 0 Å². The molecule has 34 heavy (non-hydrogen) atoms. The average Bonchev–Trinajstić information content (AvgIpc) is 3.40. The molecule has 0 aliphatic carbocycles. The lowest BCUT2D eigenvalue weighted by Gasteiger charge is -2.27. The van der Waals surface area contributed by atoms with Gasteiger partial charge in [0.2, 0.25) is 0 Å². The number of hydrogen-bond acceptors (Lipinski definition) is 5.